The van der Waals surface area contributed by atoms with Crippen molar-refractivity contribution in [3.8, 4) is 11.8 Å². The van der Waals surface area contributed by atoms with Crippen LogP contribution in [0.1, 0.15) is 25.8 Å². The molecule has 1 aromatic rings. The molecule has 15 heavy (non-hydrogen) atoms. The maximum atomic E-state index is 10.6. The molecule has 0 saturated heterocycles. The number of carbonyl (C=O) groups excluding carboxylic acids is 1. The van der Waals surface area contributed by atoms with E-state index in [9.17, 15) is 4.79 Å². The first-order valence-electron chi connectivity index (χ1n) is 4.87. The van der Waals surface area contributed by atoms with Crippen molar-refractivity contribution >= 4 is 16.9 Å². The number of nitrogens with zero attached hydrogens (tertiary/aromatic N) is 2. The Bertz CT molecular complexity index is 387. The quantitative estimate of drug-likeness (QED) is 0.733. The van der Waals surface area contributed by atoms with Gasteiger partial charge in [-0.25, -0.2) is 0 Å². The van der Waals surface area contributed by atoms with Crippen LogP contribution in [0.2, 0.25) is 0 Å². The van der Waals surface area contributed by atoms with Crippen molar-refractivity contribution in [1.82, 2.24) is 9.78 Å². The second-order valence-electron chi connectivity index (χ2n) is 3.07. The van der Waals surface area contributed by atoms with E-state index in [4.69, 9.17) is 0 Å². The van der Waals surface area contributed by atoms with Crippen LogP contribution >= 0.6 is 11.8 Å². The van der Waals surface area contributed by atoms with Crippen LogP contribution < -0.4 is 0 Å². The normalized spacial score (nSPS) is 9.47. The predicted octanol–water partition coefficient (Wildman–Crippen LogP) is 1.92. The summed E-state index contributed by atoms with van der Waals surface area (Å²) in [5, 5.41) is 4.26. The van der Waals surface area contributed by atoms with Crippen LogP contribution in [0.5, 0.6) is 0 Å². The Morgan fingerprint density at radius 2 is 2.47 bits per heavy atom. The summed E-state index contributed by atoms with van der Waals surface area (Å²) in [6, 6.07) is 0. The monoisotopic (exact) mass is 222 g/mol. The molecule has 0 fully saturated rings. The molecule has 0 N–H and O–H groups in total. The van der Waals surface area contributed by atoms with Gasteiger partial charge in [0.25, 0.3) is 0 Å². The minimum atomic E-state index is 0.103. The molecule has 0 amide bonds. The van der Waals surface area contributed by atoms with Crippen LogP contribution in [0.3, 0.4) is 0 Å². The predicted molar refractivity (Wildman–Crippen MR) is 62.5 cm³/mol. The molecule has 1 heterocycles. The fraction of sp³-hybridized carbons (Fsp3) is 0.455. The molecular weight excluding hydrogens is 208 g/mol. The van der Waals surface area contributed by atoms with Gasteiger partial charge in [-0.15, -0.1) is 0 Å². The van der Waals surface area contributed by atoms with Gasteiger partial charge in [0.15, 0.2) is 5.12 Å². The first-order valence-corrected chi connectivity index (χ1v) is 5.85. The van der Waals surface area contributed by atoms with E-state index in [-0.39, 0.29) is 5.12 Å². The van der Waals surface area contributed by atoms with Gasteiger partial charge in [-0.05, 0) is 6.42 Å². The van der Waals surface area contributed by atoms with Crippen molar-refractivity contribution in [2.24, 2.45) is 0 Å². The van der Waals surface area contributed by atoms with E-state index in [1.54, 1.807) is 13.1 Å². The van der Waals surface area contributed by atoms with Gasteiger partial charge in [-0.2, -0.15) is 5.10 Å². The van der Waals surface area contributed by atoms with Crippen molar-refractivity contribution < 1.29 is 4.79 Å². The van der Waals surface area contributed by atoms with Gasteiger partial charge in [0, 0.05) is 19.7 Å². The molecule has 1 aromatic heterocycles. The molecule has 0 spiro atoms. The zero-order valence-corrected chi connectivity index (χ0v) is 9.80. The molecule has 0 saturated carbocycles. The minimum Gasteiger partial charge on any atom is -0.288 e. The van der Waals surface area contributed by atoms with E-state index in [0.717, 1.165) is 18.5 Å². The molecule has 80 valence electrons. The van der Waals surface area contributed by atoms with Crippen molar-refractivity contribution in [3.63, 3.8) is 0 Å². The SMILES string of the molecule is CCCn1cc(C#CCSC(C)=O)cn1. The molecule has 0 aliphatic carbocycles. The molecule has 0 bridgehead atoms. The summed E-state index contributed by atoms with van der Waals surface area (Å²) in [4.78, 5) is 10.6. The molecule has 1 rings (SSSR count). The largest absolute Gasteiger partial charge is 0.288 e. The molecule has 0 radical (unpaired) electrons. The molecule has 0 aliphatic heterocycles. The van der Waals surface area contributed by atoms with Crippen molar-refractivity contribution in [2.75, 3.05) is 5.75 Å². The molecule has 3 nitrogen and oxygen atoms in total. The molecule has 0 unspecified atom stereocenters. The number of hydrogen-bond donors (Lipinski definition) is 0. The Kier molecular flexibility index (Phi) is 4.99. The summed E-state index contributed by atoms with van der Waals surface area (Å²) in [6.45, 7) is 4.58. The fourth-order valence-corrected chi connectivity index (χ4v) is 1.40. The van der Waals surface area contributed by atoms with E-state index >= 15 is 0 Å². The Labute approximate surface area is 94.2 Å². The number of carbonyl (C=O) groups is 1. The lowest BCUT2D eigenvalue weighted by Gasteiger charge is -1.93. The third-order valence-electron chi connectivity index (χ3n) is 1.67. The molecular formula is C11H14N2OS. The van der Waals surface area contributed by atoms with Gasteiger partial charge in [-0.1, -0.05) is 30.5 Å². The number of rotatable bonds is 3. The first kappa shape index (κ1) is 11.9. The number of thioether (sulfide) groups is 1. The summed E-state index contributed by atoms with van der Waals surface area (Å²) in [6.07, 6.45) is 4.74. The van der Waals surface area contributed by atoms with Crippen LogP contribution in [0, 0.1) is 11.8 Å². The van der Waals surface area contributed by atoms with Crippen molar-refractivity contribution in [2.45, 2.75) is 26.8 Å². The maximum absolute atomic E-state index is 10.6. The minimum absolute atomic E-state index is 0.103. The lowest BCUT2D eigenvalue weighted by Crippen LogP contribution is -1.95. The van der Waals surface area contributed by atoms with E-state index in [1.165, 1.54) is 11.8 Å². The standard InChI is InChI=1S/C11H14N2OS/c1-3-6-13-9-11(8-12-13)5-4-7-15-10(2)14/h8-9H,3,6-7H2,1-2H3. The number of aromatic nitrogens is 2. The second-order valence-corrected chi connectivity index (χ2v) is 4.23. The topological polar surface area (TPSA) is 34.9 Å². The highest BCUT2D eigenvalue weighted by atomic mass is 32.2. The Morgan fingerprint density at radius 3 is 3.13 bits per heavy atom. The second kappa shape index (κ2) is 6.31. The average molecular weight is 222 g/mol. The highest BCUT2D eigenvalue weighted by Gasteiger charge is 1.93. The van der Waals surface area contributed by atoms with Gasteiger partial charge in [0.05, 0.1) is 17.5 Å². The third-order valence-corrected chi connectivity index (χ3v) is 2.36. The zero-order chi connectivity index (χ0) is 11.1. The Hall–Kier alpha value is -1.21. The summed E-state index contributed by atoms with van der Waals surface area (Å²) in [5.74, 6) is 6.45. The van der Waals surface area contributed by atoms with Gasteiger partial charge in [0.1, 0.15) is 0 Å². The Balaban J connectivity index is 2.45. The van der Waals surface area contributed by atoms with Crippen LogP contribution in [-0.2, 0) is 11.3 Å². The summed E-state index contributed by atoms with van der Waals surface area (Å²) < 4.78 is 1.88. The van der Waals surface area contributed by atoms with E-state index in [2.05, 4.69) is 23.9 Å². The van der Waals surface area contributed by atoms with Gasteiger partial charge >= 0.3 is 0 Å². The molecule has 0 atom stereocenters. The van der Waals surface area contributed by atoms with Gasteiger partial charge in [0.2, 0.25) is 0 Å². The zero-order valence-electron chi connectivity index (χ0n) is 8.99. The summed E-state index contributed by atoms with van der Waals surface area (Å²) >= 11 is 1.23. The van der Waals surface area contributed by atoms with Crippen molar-refractivity contribution in [1.29, 1.82) is 0 Å². The molecule has 4 heteroatoms. The number of hydrogen-bond acceptors (Lipinski definition) is 3. The van der Waals surface area contributed by atoms with E-state index in [1.807, 2.05) is 10.9 Å². The Morgan fingerprint density at radius 1 is 1.67 bits per heavy atom. The van der Waals surface area contributed by atoms with Gasteiger partial charge in [-0.3, -0.25) is 9.48 Å². The highest BCUT2D eigenvalue weighted by molar-refractivity contribution is 8.13. The first-order chi connectivity index (χ1) is 7.22. The van der Waals surface area contributed by atoms with Gasteiger partial charge < -0.3 is 0 Å². The van der Waals surface area contributed by atoms with Crippen molar-refractivity contribution in [3.05, 3.63) is 18.0 Å². The number of aryl methyl sites for hydroxylation is 1. The van der Waals surface area contributed by atoms with Crippen LogP contribution in [0.15, 0.2) is 12.4 Å². The van der Waals surface area contributed by atoms with Crippen LogP contribution in [0.25, 0.3) is 0 Å². The third kappa shape index (κ3) is 4.71. The summed E-state index contributed by atoms with van der Waals surface area (Å²) in [7, 11) is 0. The lowest BCUT2D eigenvalue weighted by atomic mass is 10.4. The fourth-order valence-electron chi connectivity index (χ4n) is 1.06. The molecule has 0 aliphatic rings. The summed E-state index contributed by atoms with van der Waals surface area (Å²) in [5.41, 5.74) is 0.910. The smallest absolute Gasteiger partial charge is 0.186 e. The van der Waals surface area contributed by atoms with Crippen LogP contribution in [0.4, 0.5) is 0 Å². The maximum Gasteiger partial charge on any atom is 0.186 e. The van der Waals surface area contributed by atoms with E-state index in [0.29, 0.717) is 5.75 Å². The molecule has 0 aromatic carbocycles. The van der Waals surface area contributed by atoms with E-state index < -0.39 is 0 Å². The lowest BCUT2D eigenvalue weighted by molar-refractivity contribution is -0.109. The van der Waals surface area contributed by atoms with Crippen LogP contribution in [-0.4, -0.2) is 20.6 Å². The average Bonchev–Trinajstić information content (AvgIpc) is 2.61. The highest BCUT2D eigenvalue weighted by Crippen LogP contribution is 2.00.